The fourth-order valence-electron chi connectivity index (χ4n) is 3.95. The van der Waals surface area contributed by atoms with Crippen molar-refractivity contribution in [2.45, 2.75) is 52.1 Å². The van der Waals surface area contributed by atoms with Gasteiger partial charge in [0.2, 0.25) is 5.91 Å². The van der Waals surface area contributed by atoms with Crippen LogP contribution >= 0.6 is 0 Å². The number of amides is 3. The Labute approximate surface area is 179 Å². The van der Waals surface area contributed by atoms with E-state index in [0.29, 0.717) is 13.0 Å². The summed E-state index contributed by atoms with van der Waals surface area (Å²) in [5.74, 6) is 0.160. The third-order valence-corrected chi connectivity index (χ3v) is 5.41. The van der Waals surface area contributed by atoms with Crippen LogP contribution in [-0.4, -0.2) is 29.9 Å². The molecule has 0 spiro atoms. The van der Waals surface area contributed by atoms with Crippen molar-refractivity contribution in [3.05, 3.63) is 71.8 Å². The molecule has 1 heterocycles. The van der Waals surface area contributed by atoms with E-state index in [2.05, 4.69) is 31.4 Å². The molecule has 3 amide bonds. The Kier molecular flexibility index (Phi) is 7.14. The smallest absolute Gasteiger partial charge is 0.315 e. The molecular formula is C25H33N3O2. The molecule has 160 valence electrons. The summed E-state index contributed by atoms with van der Waals surface area (Å²) in [4.78, 5) is 27.0. The molecule has 1 fully saturated rings. The number of nitrogens with zero attached hydrogens (tertiary/aromatic N) is 1. The zero-order valence-corrected chi connectivity index (χ0v) is 18.2. The fourth-order valence-corrected chi connectivity index (χ4v) is 3.95. The van der Waals surface area contributed by atoms with Crippen LogP contribution in [0.2, 0.25) is 0 Å². The van der Waals surface area contributed by atoms with E-state index in [1.165, 1.54) is 0 Å². The number of nitrogens with one attached hydrogen (secondary N) is 2. The van der Waals surface area contributed by atoms with E-state index in [1.807, 2.05) is 65.6 Å². The Balaban J connectivity index is 1.74. The number of urea groups is 1. The fraction of sp³-hybridized carbons (Fsp3) is 0.440. The maximum Gasteiger partial charge on any atom is 0.315 e. The van der Waals surface area contributed by atoms with Gasteiger partial charge in [-0.3, -0.25) is 4.79 Å². The van der Waals surface area contributed by atoms with Crippen LogP contribution in [0.4, 0.5) is 4.79 Å². The van der Waals surface area contributed by atoms with Gasteiger partial charge in [0, 0.05) is 19.5 Å². The lowest BCUT2D eigenvalue weighted by molar-refractivity contribution is -0.128. The van der Waals surface area contributed by atoms with E-state index in [9.17, 15) is 9.59 Å². The summed E-state index contributed by atoms with van der Waals surface area (Å²) < 4.78 is 0. The van der Waals surface area contributed by atoms with Crippen molar-refractivity contribution in [1.82, 2.24) is 15.5 Å². The first kappa shape index (κ1) is 21.9. The summed E-state index contributed by atoms with van der Waals surface area (Å²) >= 11 is 0. The van der Waals surface area contributed by atoms with E-state index in [4.69, 9.17) is 0 Å². The molecule has 0 bridgehead atoms. The molecule has 2 atom stereocenters. The zero-order chi connectivity index (χ0) is 21.6. The first-order valence-electron chi connectivity index (χ1n) is 10.8. The van der Waals surface area contributed by atoms with Crippen molar-refractivity contribution in [2.75, 3.05) is 13.1 Å². The van der Waals surface area contributed by atoms with Crippen LogP contribution in [0.5, 0.6) is 0 Å². The molecule has 0 aliphatic carbocycles. The minimum absolute atomic E-state index is 0.0641. The molecule has 0 saturated carbocycles. The second-order valence-corrected chi connectivity index (χ2v) is 9.25. The van der Waals surface area contributed by atoms with Gasteiger partial charge in [-0.2, -0.15) is 0 Å². The third-order valence-electron chi connectivity index (χ3n) is 5.41. The van der Waals surface area contributed by atoms with E-state index < -0.39 is 0 Å². The molecule has 5 nitrogen and oxygen atoms in total. The van der Waals surface area contributed by atoms with Gasteiger partial charge in [-0.25, -0.2) is 4.79 Å². The van der Waals surface area contributed by atoms with Gasteiger partial charge < -0.3 is 15.5 Å². The molecule has 0 aromatic heterocycles. The molecule has 5 heteroatoms. The topological polar surface area (TPSA) is 61.4 Å². The molecule has 2 aromatic rings. The van der Waals surface area contributed by atoms with Gasteiger partial charge in [0.05, 0.1) is 12.1 Å². The van der Waals surface area contributed by atoms with Crippen molar-refractivity contribution in [2.24, 2.45) is 5.41 Å². The first-order valence-corrected chi connectivity index (χ1v) is 10.8. The molecule has 30 heavy (non-hydrogen) atoms. The second kappa shape index (κ2) is 9.79. The van der Waals surface area contributed by atoms with Gasteiger partial charge in [0.25, 0.3) is 0 Å². The molecule has 2 N–H and O–H groups in total. The Morgan fingerprint density at radius 2 is 1.47 bits per heavy atom. The van der Waals surface area contributed by atoms with E-state index in [1.54, 1.807) is 0 Å². The lowest BCUT2D eigenvalue weighted by Crippen LogP contribution is -2.44. The molecule has 2 unspecified atom stereocenters. The van der Waals surface area contributed by atoms with Crippen molar-refractivity contribution in [3.63, 3.8) is 0 Å². The monoisotopic (exact) mass is 407 g/mol. The number of hydrogen-bond donors (Lipinski definition) is 2. The summed E-state index contributed by atoms with van der Waals surface area (Å²) in [5, 5.41) is 6.30. The normalized spacial score (nSPS) is 16.2. The summed E-state index contributed by atoms with van der Waals surface area (Å²) in [6.07, 6.45) is 2.30. The van der Waals surface area contributed by atoms with Crippen LogP contribution in [0.3, 0.4) is 0 Å². The summed E-state index contributed by atoms with van der Waals surface area (Å²) in [6, 6.07) is 19.4. The van der Waals surface area contributed by atoms with E-state index in [0.717, 1.165) is 30.5 Å². The first-order chi connectivity index (χ1) is 14.3. The SMILES string of the molecule is CC(C)(C)CC(NC(=O)NC(CN1CCCC1=O)c1ccccc1)c1ccccc1. The molecular weight excluding hydrogens is 374 g/mol. The Morgan fingerprint density at radius 3 is 1.97 bits per heavy atom. The van der Waals surface area contributed by atoms with E-state index >= 15 is 0 Å². The Hall–Kier alpha value is -2.82. The largest absolute Gasteiger partial charge is 0.340 e. The average molecular weight is 408 g/mol. The highest BCUT2D eigenvalue weighted by atomic mass is 16.2. The number of rotatable bonds is 7. The molecule has 3 rings (SSSR count). The summed E-state index contributed by atoms with van der Waals surface area (Å²) in [6.45, 7) is 7.77. The van der Waals surface area contributed by atoms with Crippen LogP contribution < -0.4 is 10.6 Å². The zero-order valence-electron chi connectivity index (χ0n) is 18.2. The lowest BCUT2D eigenvalue weighted by Gasteiger charge is -2.29. The van der Waals surface area contributed by atoms with Gasteiger partial charge in [-0.1, -0.05) is 81.4 Å². The van der Waals surface area contributed by atoms with Crippen molar-refractivity contribution in [3.8, 4) is 0 Å². The van der Waals surface area contributed by atoms with Crippen LogP contribution in [-0.2, 0) is 4.79 Å². The van der Waals surface area contributed by atoms with E-state index in [-0.39, 0.29) is 29.4 Å². The highest BCUT2D eigenvalue weighted by Crippen LogP contribution is 2.29. The average Bonchev–Trinajstić information content (AvgIpc) is 3.12. The number of likely N-dealkylation sites (tertiary alicyclic amines) is 1. The maximum absolute atomic E-state index is 13.0. The van der Waals surface area contributed by atoms with Crippen molar-refractivity contribution in [1.29, 1.82) is 0 Å². The highest BCUT2D eigenvalue weighted by Gasteiger charge is 2.27. The quantitative estimate of drug-likeness (QED) is 0.691. The van der Waals surface area contributed by atoms with Crippen LogP contribution in [0, 0.1) is 5.41 Å². The molecule has 0 radical (unpaired) electrons. The minimum atomic E-state index is -0.251. The van der Waals surface area contributed by atoms with Gasteiger partial charge in [0.15, 0.2) is 0 Å². The number of hydrogen-bond acceptors (Lipinski definition) is 2. The van der Waals surface area contributed by atoms with Crippen molar-refractivity contribution >= 4 is 11.9 Å². The molecule has 1 aliphatic heterocycles. The Morgan fingerprint density at radius 1 is 0.933 bits per heavy atom. The number of benzene rings is 2. The second-order valence-electron chi connectivity index (χ2n) is 9.25. The minimum Gasteiger partial charge on any atom is -0.340 e. The number of carbonyl (C=O) groups excluding carboxylic acids is 2. The van der Waals surface area contributed by atoms with Crippen LogP contribution in [0.25, 0.3) is 0 Å². The molecule has 1 aliphatic rings. The summed E-state index contributed by atoms with van der Waals surface area (Å²) in [7, 11) is 0. The molecule has 1 saturated heterocycles. The predicted molar refractivity (Wildman–Crippen MR) is 120 cm³/mol. The summed E-state index contributed by atoms with van der Waals surface area (Å²) in [5.41, 5.74) is 2.15. The van der Waals surface area contributed by atoms with Gasteiger partial charge in [-0.05, 0) is 29.4 Å². The third kappa shape index (κ3) is 6.34. The standard InChI is InChI=1S/C25H33N3O2/c1-25(2,3)17-21(19-11-6-4-7-12-19)26-24(30)27-22(20-13-8-5-9-14-20)18-28-16-10-15-23(28)29/h4-9,11-14,21-22H,10,15-18H2,1-3H3,(H2,26,27,30). The van der Waals surface area contributed by atoms with Gasteiger partial charge in [-0.15, -0.1) is 0 Å². The highest BCUT2D eigenvalue weighted by molar-refractivity contribution is 5.78. The predicted octanol–water partition coefficient (Wildman–Crippen LogP) is 4.83. The van der Waals surface area contributed by atoms with Gasteiger partial charge in [0.1, 0.15) is 0 Å². The lowest BCUT2D eigenvalue weighted by atomic mass is 9.85. The van der Waals surface area contributed by atoms with Crippen LogP contribution in [0.1, 0.15) is 63.2 Å². The van der Waals surface area contributed by atoms with Crippen LogP contribution in [0.15, 0.2) is 60.7 Å². The van der Waals surface area contributed by atoms with Gasteiger partial charge >= 0.3 is 6.03 Å². The Bertz CT molecular complexity index is 830. The molecule has 2 aromatic carbocycles. The number of carbonyl (C=O) groups is 2. The van der Waals surface area contributed by atoms with Crippen molar-refractivity contribution < 1.29 is 9.59 Å². The maximum atomic E-state index is 13.0.